The summed E-state index contributed by atoms with van der Waals surface area (Å²) in [5.41, 5.74) is 0. The Hall–Kier alpha value is -1.17. The average Bonchev–Trinajstić information content (AvgIpc) is 2.61. The topological polar surface area (TPSA) is 59.5 Å². The molecule has 0 aromatic rings. The Kier molecular flexibility index (Phi) is 8.13. The van der Waals surface area contributed by atoms with Crippen molar-refractivity contribution in [3.8, 4) is 12.3 Å². The van der Waals surface area contributed by atoms with Crippen LogP contribution in [0.3, 0.4) is 0 Å². The van der Waals surface area contributed by atoms with Crippen LogP contribution < -0.4 is 0 Å². The molecule has 0 saturated carbocycles. The van der Waals surface area contributed by atoms with Crippen LogP contribution in [0.5, 0.6) is 0 Å². The number of carbonyl (C=O) groups excluding carboxylic acids is 1. The van der Waals surface area contributed by atoms with Crippen molar-refractivity contribution in [3.05, 3.63) is 0 Å². The van der Waals surface area contributed by atoms with Crippen molar-refractivity contribution in [2.45, 2.75) is 26.2 Å². The molecule has 25 heavy (non-hydrogen) atoms. The zero-order chi connectivity index (χ0) is 18.2. The summed E-state index contributed by atoms with van der Waals surface area (Å²) in [4.78, 5) is 20.3. The summed E-state index contributed by atoms with van der Waals surface area (Å²) < 4.78 is 5.50. The predicted molar refractivity (Wildman–Crippen MR) is 97.0 cm³/mol. The van der Waals surface area contributed by atoms with Crippen LogP contribution in [0.1, 0.15) is 13.8 Å². The number of ether oxygens (including phenoxy) is 1. The number of piperazine rings is 2. The molecule has 7 heteroatoms. The van der Waals surface area contributed by atoms with Gasteiger partial charge in [0.2, 0.25) is 5.91 Å². The fourth-order valence-electron chi connectivity index (χ4n) is 3.56. The Morgan fingerprint density at radius 3 is 2.24 bits per heavy atom. The van der Waals surface area contributed by atoms with Crippen molar-refractivity contribution in [1.82, 2.24) is 19.6 Å². The van der Waals surface area contributed by atoms with E-state index in [4.69, 9.17) is 11.2 Å². The molecule has 142 valence electrons. The number of aliphatic hydroxyl groups is 1. The molecule has 2 aliphatic heterocycles. The van der Waals surface area contributed by atoms with Crippen LogP contribution in [0.2, 0.25) is 0 Å². The standard InChI is InChI=1S/C18H32N4O3/c1-4-6-19-7-9-20(10-8-19)15-17(18(24)25-5-2)22-13-11-21(12-14-22)16(3)23/h1,17-18,24H,5-15H2,2-3H3. The highest BCUT2D eigenvalue weighted by molar-refractivity contribution is 5.73. The lowest BCUT2D eigenvalue weighted by Crippen LogP contribution is -2.59. The van der Waals surface area contributed by atoms with Crippen LogP contribution in [0.4, 0.5) is 0 Å². The lowest BCUT2D eigenvalue weighted by atomic mass is 10.1. The predicted octanol–water partition coefficient (Wildman–Crippen LogP) is -0.875. The molecule has 0 radical (unpaired) electrons. The molecule has 0 spiro atoms. The molecule has 1 N–H and O–H groups in total. The molecule has 2 atom stereocenters. The highest BCUT2D eigenvalue weighted by Crippen LogP contribution is 2.14. The van der Waals surface area contributed by atoms with Gasteiger partial charge in [-0.3, -0.25) is 19.5 Å². The van der Waals surface area contributed by atoms with Crippen molar-refractivity contribution < 1.29 is 14.6 Å². The van der Waals surface area contributed by atoms with Crippen molar-refractivity contribution >= 4 is 5.91 Å². The fraction of sp³-hybridized carbons (Fsp3) is 0.833. The van der Waals surface area contributed by atoms with Gasteiger partial charge in [0.1, 0.15) is 0 Å². The summed E-state index contributed by atoms with van der Waals surface area (Å²) in [7, 11) is 0. The Bertz CT molecular complexity index is 452. The monoisotopic (exact) mass is 352 g/mol. The van der Waals surface area contributed by atoms with E-state index in [1.165, 1.54) is 0 Å². The molecule has 2 heterocycles. The Morgan fingerprint density at radius 2 is 1.72 bits per heavy atom. The van der Waals surface area contributed by atoms with Gasteiger partial charge < -0.3 is 14.7 Å². The van der Waals surface area contributed by atoms with Crippen molar-refractivity contribution in [1.29, 1.82) is 0 Å². The molecule has 2 unspecified atom stereocenters. The Labute approximate surface area is 151 Å². The van der Waals surface area contributed by atoms with E-state index in [0.717, 1.165) is 45.8 Å². The number of rotatable bonds is 7. The molecular weight excluding hydrogens is 320 g/mol. The van der Waals surface area contributed by atoms with Crippen molar-refractivity contribution in [2.24, 2.45) is 0 Å². The maximum atomic E-state index is 11.5. The van der Waals surface area contributed by atoms with Crippen LogP contribution in [-0.2, 0) is 9.53 Å². The van der Waals surface area contributed by atoms with Crippen molar-refractivity contribution in [2.75, 3.05) is 72.1 Å². The van der Waals surface area contributed by atoms with Crippen LogP contribution in [0.25, 0.3) is 0 Å². The van der Waals surface area contributed by atoms with Crippen molar-refractivity contribution in [3.63, 3.8) is 0 Å². The van der Waals surface area contributed by atoms with Crippen LogP contribution in [0.15, 0.2) is 0 Å². The van der Waals surface area contributed by atoms with E-state index in [-0.39, 0.29) is 11.9 Å². The number of nitrogens with zero attached hydrogens (tertiary/aromatic N) is 4. The second-order valence-electron chi connectivity index (χ2n) is 6.74. The summed E-state index contributed by atoms with van der Waals surface area (Å²) in [5, 5.41) is 10.5. The minimum atomic E-state index is -0.808. The van der Waals surface area contributed by atoms with Crippen LogP contribution in [0, 0.1) is 12.3 Å². The van der Waals surface area contributed by atoms with Crippen LogP contribution in [-0.4, -0.2) is 115 Å². The first kappa shape index (κ1) is 20.1. The summed E-state index contributed by atoms with van der Waals surface area (Å²) in [6, 6.07) is -0.0757. The summed E-state index contributed by atoms with van der Waals surface area (Å²) in [5.74, 6) is 2.82. The SMILES string of the molecule is C#CCN1CCN(CC(C(O)OCC)N2CCN(C(C)=O)CC2)CC1. The zero-order valence-electron chi connectivity index (χ0n) is 15.6. The first-order chi connectivity index (χ1) is 12.0. The van der Waals surface area contributed by atoms with Gasteiger partial charge >= 0.3 is 0 Å². The van der Waals surface area contributed by atoms with Gasteiger partial charge in [-0.15, -0.1) is 6.42 Å². The van der Waals surface area contributed by atoms with E-state index in [9.17, 15) is 9.90 Å². The van der Waals surface area contributed by atoms with E-state index in [1.54, 1.807) is 6.92 Å². The first-order valence-corrected chi connectivity index (χ1v) is 9.22. The van der Waals surface area contributed by atoms with Gasteiger partial charge in [0.15, 0.2) is 6.29 Å². The van der Waals surface area contributed by atoms with Crippen LogP contribution >= 0.6 is 0 Å². The number of amides is 1. The van der Waals surface area contributed by atoms with Gasteiger partial charge in [-0.2, -0.15) is 0 Å². The Morgan fingerprint density at radius 1 is 1.12 bits per heavy atom. The number of aliphatic hydroxyl groups excluding tert-OH is 1. The molecule has 0 aromatic carbocycles. The quantitative estimate of drug-likeness (QED) is 0.475. The number of hydrogen-bond acceptors (Lipinski definition) is 6. The second-order valence-corrected chi connectivity index (χ2v) is 6.74. The third-order valence-electron chi connectivity index (χ3n) is 5.12. The third-order valence-corrected chi connectivity index (χ3v) is 5.12. The van der Waals surface area contributed by atoms with E-state index in [2.05, 4.69) is 20.6 Å². The maximum absolute atomic E-state index is 11.5. The molecule has 0 aromatic heterocycles. The van der Waals surface area contributed by atoms with Gasteiger partial charge in [0.25, 0.3) is 0 Å². The molecule has 0 aliphatic carbocycles. The molecule has 0 bridgehead atoms. The molecule has 1 amide bonds. The fourth-order valence-corrected chi connectivity index (χ4v) is 3.56. The van der Waals surface area contributed by atoms with Gasteiger partial charge in [0, 0.05) is 72.4 Å². The highest BCUT2D eigenvalue weighted by atomic mass is 16.6. The number of carbonyl (C=O) groups is 1. The van der Waals surface area contributed by atoms with E-state index in [1.807, 2.05) is 11.8 Å². The minimum Gasteiger partial charge on any atom is -0.367 e. The molecule has 2 fully saturated rings. The number of hydrogen-bond donors (Lipinski definition) is 1. The average molecular weight is 352 g/mol. The van der Waals surface area contributed by atoms with Gasteiger partial charge in [-0.05, 0) is 6.92 Å². The summed E-state index contributed by atoms with van der Waals surface area (Å²) in [6.45, 7) is 12.2. The van der Waals surface area contributed by atoms with Gasteiger partial charge in [-0.1, -0.05) is 5.92 Å². The third kappa shape index (κ3) is 5.94. The maximum Gasteiger partial charge on any atom is 0.219 e. The van der Waals surface area contributed by atoms with Gasteiger partial charge in [-0.25, -0.2) is 0 Å². The van der Waals surface area contributed by atoms with E-state index in [0.29, 0.717) is 26.2 Å². The zero-order valence-corrected chi connectivity index (χ0v) is 15.6. The largest absolute Gasteiger partial charge is 0.367 e. The summed E-state index contributed by atoms with van der Waals surface area (Å²) in [6.07, 6.45) is 4.58. The second kappa shape index (κ2) is 10.1. The highest BCUT2D eigenvalue weighted by Gasteiger charge is 2.32. The lowest BCUT2D eigenvalue weighted by Gasteiger charge is -2.43. The lowest BCUT2D eigenvalue weighted by molar-refractivity contribution is -0.153. The van der Waals surface area contributed by atoms with E-state index < -0.39 is 6.29 Å². The number of terminal acetylenes is 1. The van der Waals surface area contributed by atoms with E-state index >= 15 is 0 Å². The molecule has 2 aliphatic rings. The van der Waals surface area contributed by atoms with Gasteiger partial charge in [0.05, 0.1) is 12.6 Å². The molecule has 7 nitrogen and oxygen atoms in total. The molecule has 2 saturated heterocycles. The summed E-state index contributed by atoms with van der Waals surface area (Å²) >= 11 is 0. The normalized spacial score (nSPS) is 23.2. The Balaban J connectivity index is 1.91. The smallest absolute Gasteiger partial charge is 0.219 e. The minimum absolute atomic E-state index is 0.0757. The molecular formula is C18H32N4O3. The first-order valence-electron chi connectivity index (χ1n) is 9.22. The molecule has 2 rings (SSSR count).